The van der Waals surface area contributed by atoms with Crippen molar-refractivity contribution in [1.82, 2.24) is 29.8 Å². The summed E-state index contributed by atoms with van der Waals surface area (Å²) in [5, 5.41) is 16.4. The van der Waals surface area contributed by atoms with Crippen LogP contribution in [0.4, 0.5) is 5.69 Å². The number of halogens is 1. The molecule has 0 spiro atoms. The number of aromatic nitrogens is 6. The Morgan fingerprint density at radius 3 is 3.12 bits per heavy atom. The summed E-state index contributed by atoms with van der Waals surface area (Å²) in [6.45, 7) is 2.76. The van der Waals surface area contributed by atoms with Crippen molar-refractivity contribution in [2.75, 3.05) is 11.9 Å². The van der Waals surface area contributed by atoms with Crippen LogP contribution in [0.15, 0.2) is 30.6 Å². The lowest BCUT2D eigenvalue weighted by Crippen LogP contribution is -2.07. The van der Waals surface area contributed by atoms with Gasteiger partial charge in [0.2, 0.25) is 5.65 Å². The maximum absolute atomic E-state index is 6.00. The molecule has 2 N–H and O–H groups in total. The van der Waals surface area contributed by atoms with Gasteiger partial charge in [0.25, 0.3) is 0 Å². The van der Waals surface area contributed by atoms with Crippen molar-refractivity contribution in [3.8, 4) is 0 Å². The van der Waals surface area contributed by atoms with E-state index < -0.39 is 0 Å². The topological polar surface area (TPSA) is 83.8 Å². The SMILES string of the molecule is Cc1cc(NCCCc2nc3ccc(Cl)cc3[nH]2)c2nncn2n1. The number of benzene rings is 1. The van der Waals surface area contributed by atoms with Gasteiger partial charge in [-0.1, -0.05) is 11.6 Å². The monoisotopic (exact) mass is 341 g/mol. The molecule has 0 saturated carbocycles. The average Bonchev–Trinajstić information content (AvgIpc) is 3.16. The normalized spacial score (nSPS) is 11.4. The molecule has 3 heterocycles. The fourth-order valence-electron chi connectivity index (χ4n) is 2.71. The summed E-state index contributed by atoms with van der Waals surface area (Å²) in [6.07, 6.45) is 3.40. The molecule has 7 nitrogen and oxygen atoms in total. The number of H-pyrrole nitrogens is 1. The van der Waals surface area contributed by atoms with Crippen LogP contribution < -0.4 is 5.32 Å². The molecule has 0 bridgehead atoms. The Balaban J connectivity index is 1.40. The number of aryl methyl sites for hydroxylation is 2. The smallest absolute Gasteiger partial charge is 0.200 e. The van der Waals surface area contributed by atoms with Crippen LogP contribution in [0, 0.1) is 6.92 Å². The van der Waals surface area contributed by atoms with E-state index in [9.17, 15) is 0 Å². The number of aromatic amines is 1. The predicted octanol–water partition coefficient (Wildman–Crippen LogP) is 3.01. The number of rotatable bonds is 5. The van der Waals surface area contributed by atoms with E-state index in [1.165, 1.54) is 0 Å². The van der Waals surface area contributed by atoms with Crippen molar-refractivity contribution >= 4 is 34.0 Å². The molecule has 0 atom stereocenters. The molecule has 0 radical (unpaired) electrons. The molecule has 0 aliphatic rings. The van der Waals surface area contributed by atoms with Crippen molar-refractivity contribution in [1.29, 1.82) is 0 Å². The lowest BCUT2D eigenvalue weighted by molar-refractivity contribution is 0.817. The fraction of sp³-hybridized carbons (Fsp3) is 0.250. The lowest BCUT2D eigenvalue weighted by atomic mass is 10.3. The van der Waals surface area contributed by atoms with E-state index in [0.29, 0.717) is 5.02 Å². The quantitative estimate of drug-likeness (QED) is 0.545. The molecule has 1 aromatic carbocycles. The molecule has 24 heavy (non-hydrogen) atoms. The van der Waals surface area contributed by atoms with Gasteiger partial charge in [-0.15, -0.1) is 10.2 Å². The van der Waals surface area contributed by atoms with Gasteiger partial charge in [0.05, 0.1) is 22.4 Å². The molecule has 0 aliphatic carbocycles. The van der Waals surface area contributed by atoms with Gasteiger partial charge in [0.15, 0.2) is 0 Å². The zero-order valence-electron chi connectivity index (χ0n) is 13.1. The average molecular weight is 342 g/mol. The summed E-state index contributed by atoms with van der Waals surface area (Å²) in [5.74, 6) is 0.965. The molecule has 3 aromatic heterocycles. The van der Waals surface area contributed by atoms with Crippen LogP contribution in [-0.2, 0) is 6.42 Å². The Kier molecular flexibility index (Phi) is 3.78. The molecule has 0 unspecified atom stereocenters. The van der Waals surface area contributed by atoms with Crippen LogP contribution >= 0.6 is 11.6 Å². The third-order valence-electron chi connectivity index (χ3n) is 3.79. The number of nitrogens with one attached hydrogen (secondary N) is 2. The highest BCUT2D eigenvalue weighted by Crippen LogP contribution is 2.18. The molecular weight excluding hydrogens is 326 g/mol. The highest BCUT2D eigenvalue weighted by molar-refractivity contribution is 6.31. The van der Waals surface area contributed by atoms with E-state index in [1.54, 1.807) is 10.8 Å². The summed E-state index contributed by atoms with van der Waals surface area (Å²) in [7, 11) is 0. The molecule has 0 aliphatic heterocycles. The number of anilines is 1. The Morgan fingerprint density at radius 1 is 1.29 bits per heavy atom. The summed E-state index contributed by atoms with van der Waals surface area (Å²) < 4.78 is 1.68. The highest BCUT2D eigenvalue weighted by Gasteiger charge is 2.06. The number of hydrogen-bond acceptors (Lipinski definition) is 5. The van der Waals surface area contributed by atoms with E-state index >= 15 is 0 Å². The predicted molar refractivity (Wildman–Crippen MR) is 93.4 cm³/mol. The Morgan fingerprint density at radius 2 is 2.21 bits per heavy atom. The van der Waals surface area contributed by atoms with Gasteiger partial charge in [-0.05, 0) is 37.6 Å². The Labute approximate surface area is 143 Å². The second-order valence-electron chi connectivity index (χ2n) is 5.67. The summed E-state index contributed by atoms with van der Waals surface area (Å²) >= 11 is 6.00. The van der Waals surface area contributed by atoms with Gasteiger partial charge in [-0.3, -0.25) is 0 Å². The minimum atomic E-state index is 0.713. The van der Waals surface area contributed by atoms with Gasteiger partial charge in [0, 0.05) is 18.0 Å². The summed E-state index contributed by atoms with van der Waals surface area (Å²) in [6, 6.07) is 7.66. The lowest BCUT2D eigenvalue weighted by Gasteiger charge is -2.07. The van der Waals surface area contributed by atoms with Crippen molar-refractivity contribution < 1.29 is 0 Å². The third-order valence-corrected chi connectivity index (χ3v) is 4.02. The molecule has 0 saturated heterocycles. The number of fused-ring (bicyclic) bond motifs is 2. The molecule has 0 fully saturated rings. The van der Waals surface area contributed by atoms with Crippen molar-refractivity contribution in [2.45, 2.75) is 19.8 Å². The zero-order valence-corrected chi connectivity index (χ0v) is 13.9. The van der Waals surface area contributed by atoms with Crippen LogP contribution in [0.2, 0.25) is 5.02 Å². The highest BCUT2D eigenvalue weighted by atomic mass is 35.5. The van der Waals surface area contributed by atoms with Crippen LogP contribution in [0.1, 0.15) is 17.9 Å². The van der Waals surface area contributed by atoms with Crippen LogP contribution in [0.25, 0.3) is 16.7 Å². The molecule has 4 rings (SSSR count). The molecular formula is C16H16ClN7. The van der Waals surface area contributed by atoms with E-state index in [-0.39, 0.29) is 0 Å². The largest absolute Gasteiger partial charge is 0.382 e. The van der Waals surface area contributed by atoms with Crippen molar-refractivity contribution in [3.63, 3.8) is 0 Å². The van der Waals surface area contributed by atoms with Crippen LogP contribution in [0.3, 0.4) is 0 Å². The minimum absolute atomic E-state index is 0.713. The van der Waals surface area contributed by atoms with Gasteiger partial charge in [-0.25, -0.2) is 4.98 Å². The van der Waals surface area contributed by atoms with E-state index in [2.05, 4.69) is 30.6 Å². The fourth-order valence-corrected chi connectivity index (χ4v) is 2.89. The molecule has 8 heteroatoms. The van der Waals surface area contributed by atoms with Gasteiger partial charge >= 0.3 is 0 Å². The van der Waals surface area contributed by atoms with E-state index in [0.717, 1.165) is 53.3 Å². The van der Waals surface area contributed by atoms with E-state index in [4.69, 9.17) is 11.6 Å². The second-order valence-corrected chi connectivity index (χ2v) is 6.11. The van der Waals surface area contributed by atoms with Gasteiger partial charge in [-0.2, -0.15) is 9.61 Å². The Hall–Kier alpha value is -2.67. The van der Waals surface area contributed by atoms with Crippen molar-refractivity contribution in [2.24, 2.45) is 0 Å². The Bertz CT molecular complexity index is 1000. The first-order valence-electron chi connectivity index (χ1n) is 7.75. The number of hydrogen-bond donors (Lipinski definition) is 2. The second kappa shape index (κ2) is 6.09. The molecule has 122 valence electrons. The zero-order chi connectivity index (χ0) is 16.5. The summed E-state index contributed by atoms with van der Waals surface area (Å²) in [4.78, 5) is 7.89. The van der Waals surface area contributed by atoms with Gasteiger partial charge in [0.1, 0.15) is 12.2 Å². The van der Waals surface area contributed by atoms with Crippen LogP contribution in [-0.4, -0.2) is 36.3 Å². The maximum atomic E-state index is 6.00. The van der Waals surface area contributed by atoms with Crippen molar-refractivity contribution in [3.05, 3.63) is 47.1 Å². The molecule has 0 amide bonds. The summed E-state index contributed by atoms with van der Waals surface area (Å²) in [5.41, 5.74) is 4.51. The third kappa shape index (κ3) is 2.90. The first kappa shape index (κ1) is 14.9. The minimum Gasteiger partial charge on any atom is -0.382 e. The first-order chi connectivity index (χ1) is 11.7. The van der Waals surface area contributed by atoms with E-state index in [1.807, 2.05) is 31.2 Å². The van der Waals surface area contributed by atoms with Gasteiger partial charge < -0.3 is 10.3 Å². The maximum Gasteiger partial charge on any atom is 0.200 e. The standard InChI is InChI=1S/C16H16ClN7/c1-10-7-14(16-22-19-9-24(16)23-10)18-6-2-3-15-20-12-5-4-11(17)8-13(12)21-15/h4-5,7-9,18H,2-3,6H2,1H3,(H,20,21). The number of nitrogens with zero attached hydrogens (tertiary/aromatic N) is 5. The molecule has 4 aromatic rings. The first-order valence-corrected chi connectivity index (χ1v) is 8.12. The number of imidazole rings is 1. The van der Waals surface area contributed by atoms with Crippen LogP contribution in [0.5, 0.6) is 0 Å².